The molecule has 1 aromatic carbocycles. The van der Waals surface area contributed by atoms with E-state index >= 15 is 0 Å². The second-order valence-electron chi connectivity index (χ2n) is 5.45. The molecule has 0 radical (unpaired) electrons. The highest BCUT2D eigenvalue weighted by Crippen LogP contribution is 2.36. The van der Waals surface area contributed by atoms with Crippen LogP contribution in [0.1, 0.15) is 16.9 Å². The van der Waals surface area contributed by atoms with Crippen LogP contribution in [0.25, 0.3) is 15.9 Å². The van der Waals surface area contributed by atoms with Crippen LogP contribution < -0.4 is 10.3 Å². The number of methoxy groups -OCH3 is 1. The lowest BCUT2D eigenvalue weighted by atomic mass is 10.2. The Morgan fingerprint density at radius 3 is 2.91 bits per heavy atom. The van der Waals surface area contributed by atoms with E-state index in [-0.39, 0.29) is 5.56 Å². The maximum atomic E-state index is 13.3. The van der Waals surface area contributed by atoms with Crippen molar-refractivity contribution in [2.75, 3.05) is 13.4 Å². The molecule has 0 saturated heterocycles. The Bertz CT molecular complexity index is 959. The van der Waals surface area contributed by atoms with Crippen molar-refractivity contribution >= 4 is 33.3 Å². The summed E-state index contributed by atoms with van der Waals surface area (Å²) in [5.74, 6) is 0.679. The standard InChI is InChI=1S/C17H16N2O2S2/c1-21-12-8-4-3-7-11(12)19-16(20)14-10-6-5-9-13(10)23-15(14)18-17(19)22-2/h3-4,7-8H,5-6,9H2,1-2H3. The van der Waals surface area contributed by atoms with E-state index < -0.39 is 0 Å². The van der Waals surface area contributed by atoms with Gasteiger partial charge in [0.2, 0.25) is 0 Å². The summed E-state index contributed by atoms with van der Waals surface area (Å²) in [5, 5.41) is 1.50. The van der Waals surface area contributed by atoms with Crippen LogP contribution in [0.5, 0.6) is 5.75 Å². The molecule has 0 unspecified atom stereocenters. The monoisotopic (exact) mass is 344 g/mol. The molecule has 118 valence electrons. The maximum Gasteiger partial charge on any atom is 0.267 e. The molecule has 0 atom stereocenters. The van der Waals surface area contributed by atoms with E-state index in [0.29, 0.717) is 10.9 Å². The number of aromatic nitrogens is 2. The molecule has 4 nitrogen and oxygen atoms in total. The predicted molar refractivity (Wildman–Crippen MR) is 95.6 cm³/mol. The quantitative estimate of drug-likeness (QED) is 0.537. The van der Waals surface area contributed by atoms with Gasteiger partial charge in [0.25, 0.3) is 5.56 Å². The maximum absolute atomic E-state index is 13.3. The molecule has 23 heavy (non-hydrogen) atoms. The minimum atomic E-state index is 0.0169. The summed E-state index contributed by atoms with van der Waals surface area (Å²) in [6.45, 7) is 0. The van der Waals surface area contributed by atoms with Crippen LogP contribution in [0.4, 0.5) is 0 Å². The van der Waals surface area contributed by atoms with Crippen molar-refractivity contribution in [1.82, 2.24) is 9.55 Å². The molecule has 0 aliphatic heterocycles. The second kappa shape index (κ2) is 5.69. The minimum Gasteiger partial charge on any atom is -0.495 e. The van der Waals surface area contributed by atoms with Crippen LogP contribution in [0, 0.1) is 0 Å². The van der Waals surface area contributed by atoms with Gasteiger partial charge < -0.3 is 4.74 Å². The van der Waals surface area contributed by atoms with E-state index in [1.165, 1.54) is 22.2 Å². The average Bonchev–Trinajstić information content (AvgIpc) is 3.15. The highest BCUT2D eigenvalue weighted by atomic mass is 32.2. The number of aryl methyl sites for hydroxylation is 2. The fraction of sp³-hybridized carbons (Fsp3) is 0.294. The van der Waals surface area contributed by atoms with Crippen LogP contribution >= 0.6 is 23.1 Å². The number of fused-ring (bicyclic) bond motifs is 3. The first-order valence-electron chi connectivity index (χ1n) is 7.49. The zero-order valence-electron chi connectivity index (χ0n) is 13.0. The summed E-state index contributed by atoms with van der Waals surface area (Å²) in [4.78, 5) is 20.2. The molecule has 4 rings (SSSR count). The van der Waals surface area contributed by atoms with E-state index in [0.717, 1.165) is 35.2 Å². The Morgan fingerprint density at radius 2 is 2.13 bits per heavy atom. The highest BCUT2D eigenvalue weighted by Gasteiger charge is 2.24. The molecule has 0 fully saturated rings. The number of thiophene rings is 1. The van der Waals surface area contributed by atoms with Crippen molar-refractivity contribution in [3.8, 4) is 11.4 Å². The normalized spacial score (nSPS) is 13.5. The molecular formula is C17H16N2O2S2. The van der Waals surface area contributed by atoms with E-state index in [9.17, 15) is 4.79 Å². The summed E-state index contributed by atoms with van der Waals surface area (Å²) in [6, 6.07) is 7.59. The van der Waals surface area contributed by atoms with Crippen LogP contribution in [0.3, 0.4) is 0 Å². The van der Waals surface area contributed by atoms with Crippen molar-refractivity contribution in [1.29, 1.82) is 0 Å². The molecule has 2 aromatic heterocycles. The number of nitrogens with zero attached hydrogens (tertiary/aromatic N) is 2. The van der Waals surface area contributed by atoms with Crippen molar-refractivity contribution in [3.63, 3.8) is 0 Å². The minimum absolute atomic E-state index is 0.0169. The molecule has 0 saturated carbocycles. The zero-order valence-corrected chi connectivity index (χ0v) is 14.6. The van der Waals surface area contributed by atoms with Crippen molar-refractivity contribution in [3.05, 3.63) is 45.1 Å². The third-order valence-electron chi connectivity index (χ3n) is 4.22. The van der Waals surface area contributed by atoms with Gasteiger partial charge in [-0.2, -0.15) is 0 Å². The predicted octanol–water partition coefficient (Wildman–Crippen LogP) is 3.67. The molecule has 2 heterocycles. The molecule has 1 aliphatic carbocycles. The van der Waals surface area contributed by atoms with Crippen LogP contribution in [0.15, 0.2) is 34.2 Å². The van der Waals surface area contributed by atoms with Gasteiger partial charge in [0.1, 0.15) is 10.6 Å². The van der Waals surface area contributed by atoms with Crippen molar-refractivity contribution in [2.45, 2.75) is 24.4 Å². The summed E-state index contributed by atoms with van der Waals surface area (Å²) >= 11 is 3.16. The van der Waals surface area contributed by atoms with Gasteiger partial charge in [0.15, 0.2) is 5.16 Å². The fourth-order valence-corrected chi connectivity index (χ4v) is 5.04. The number of hydrogen-bond donors (Lipinski definition) is 0. The first-order valence-corrected chi connectivity index (χ1v) is 9.53. The summed E-state index contributed by atoms with van der Waals surface area (Å²) < 4.78 is 7.14. The third-order valence-corrected chi connectivity index (χ3v) is 6.04. The molecule has 0 N–H and O–H groups in total. The summed E-state index contributed by atoms with van der Waals surface area (Å²) in [7, 11) is 1.62. The molecular weight excluding hydrogens is 328 g/mol. The molecule has 0 amide bonds. The lowest BCUT2D eigenvalue weighted by Gasteiger charge is -2.14. The Balaban J connectivity index is 2.09. The lowest BCUT2D eigenvalue weighted by molar-refractivity contribution is 0.411. The molecule has 1 aliphatic rings. The van der Waals surface area contributed by atoms with Gasteiger partial charge in [-0.1, -0.05) is 23.9 Å². The number of ether oxygens (including phenoxy) is 1. The van der Waals surface area contributed by atoms with Gasteiger partial charge in [-0.25, -0.2) is 4.98 Å². The van der Waals surface area contributed by atoms with E-state index in [4.69, 9.17) is 9.72 Å². The van der Waals surface area contributed by atoms with E-state index in [1.807, 2.05) is 30.5 Å². The molecule has 6 heteroatoms. The number of hydrogen-bond acceptors (Lipinski definition) is 5. The van der Waals surface area contributed by atoms with Gasteiger partial charge in [-0.3, -0.25) is 9.36 Å². The highest BCUT2D eigenvalue weighted by molar-refractivity contribution is 7.98. The van der Waals surface area contributed by atoms with Crippen molar-refractivity contribution < 1.29 is 4.74 Å². The van der Waals surface area contributed by atoms with Crippen LogP contribution in [-0.2, 0) is 12.8 Å². The molecule has 0 spiro atoms. The number of thioether (sulfide) groups is 1. The Morgan fingerprint density at radius 1 is 1.30 bits per heavy atom. The number of rotatable bonds is 3. The van der Waals surface area contributed by atoms with Gasteiger partial charge in [-0.05, 0) is 43.2 Å². The average molecular weight is 344 g/mol. The van der Waals surface area contributed by atoms with Crippen molar-refractivity contribution in [2.24, 2.45) is 0 Å². The van der Waals surface area contributed by atoms with Crippen LogP contribution in [-0.4, -0.2) is 22.9 Å². The topological polar surface area (TPSA) is 44.1 Å². The smallest absolute Gasteiger partial charge is 0.267 e. The summed E-state index contributed by atoms with van der Waals surface area (Å²) in [6.07, 6.45) is 5.13. The Kier molecular flexibility index (Phi) is 3.66. The van der Waals surface area contributed by atoms with E-state index in [1.54, 1.807) is 23.0 Å². The Hall–Kier alpha value is -1.79. The van der Waals surface area contributed by atoms with Gasteiger partial charge >= 0.3 is 0 Å². The Labute approximate surface area is 142 Å². The summed E-state index contributed by atoms with van der Waals surface area (Å²) in [5.41, 5.74) is 1.97. The van der Waals surface area contributed by atoms with Crippen LogP contribution in [0.2, 0.25) is 0 Å². The zero-order chi connectivity index (χ0) is 16.0. The number of para-hydroxylation sites is 2. The molecule has 3 aromatic rings. The fourth-order valence-electron chi connectivity index (χ4n) is 3.19. The first-order chi connectivity index (χ1) is 11.2. The SMILES string of the molecule is COc1ccccc1-n1c(SC)nc2sc3c(c2c1=O)CCC3. The van der Waals surface area contributed by atoms with Gasteiger partial charge in [0, 0.05) is 4.88 Å². The lowest BCUT2D eigenvalue weighted by Crippen LogP contribution is -2.22. The largest absolute Gasteiger partial charge is 0.495 e. The first kappa shape index (κ1) is 14.8. The molecule has 0 bridgehead atoms. The van der Waals surface area contributed by atoms with Gasteiger partial charge in [0.05, 0.1) is 18.2 Å². The third kappa shape index (κ3) is 2.20. The number of benzene rings is 1. The second-order valence-corrected chi connectivity index (χ2v) is 7.31. The van der Waals surface area contributed by atoms with E-state index in [2.05, 4.69) is 0 Å². The van der Waals surface area contributed by atoms with Gasteiger partial charge in [-0.15, -0.1) is 11.3 Å².